The van der Waals surface area contributed by atoms with Crippen molar-refractivity contribution in [1.29, 1.82) is 0 Å². The molecule has 0 spiro atoms. The van der Waals surface area contributed by atoms with Gasteiger partial charge in [0.1, 0.15) is 0 Å². The molecule has 0 aliphatic rings. The first-order chi connectivity index (χ1) is 5.81. The summed E-state index contributed by atoms with van der Waals surface area (Å²) in [7, 11) is 1.33. The summed E-state index contributed by atoms with van der Waals surface area (Å²) in [5.41, 5.74) is 5.20. The molecule has 12 heavy (non-hydrogen) atoms. The van der Waals surface area contributed by atoms with Gasteiger partial charge in [0.2, 0.25) is 0 Å². The van der Waals surface area contributed by atoms with Gasteiger partial charge < -0.3 is 20.5 Å². The average Bonchev–Trinajstić information content (AvgIpc) is 2.10. The normalized spacial score (nSPS) is 9.50. The molecule has 0 rings (SSSR count). The lowest BCUT2D eigenvalue weighted by molar-refractivity contribution is 0.136. The summed E-state index contributed by atoms with van der Waals surface area (Å²) in [6, 6.07) is 0. The van der Waals surface area contributed by atoms with Gasteiger partial charge in [-0.15, -0.1) is 0 Å². The Hall–Kier alpha value is -0.810. The highest BCUT2D eigenvalue weighted by Crippen LogP contribution is 1.80. The molecule has 0 aromatic heterocycles. The van der Waals surface area contributed by atoms with E-state index in [1.54, 1.807) is 0 Å². The van der Waals surface area contributed by atoms with Crippen LogP contribution in [0.25, 0.3) is 0 Å². The number of methoxy groups -OCH3 is 1. The van der Waals surface area contributed by atoms with Crippen LogP contribution in [0.3, 0.4) is 0 Å². The second-order valence-corrected chi connectivity index (χ2v) is 2.17. The molecule has 0 fully saturated rings. The summed E-state index contributed by atoms with van der Waals surface area (Å²) in [6.07, 6.45) is 0.364. The van der Waals surface area contributed by atoms with E-state index < -0.39 is 6.09 Å². The van der Waals surface area contributed by atoms with Crippen LogP contribution in [-0.2, 0) is 9.47 Å². The van der Waals surface area contributed by atoms with Gasteiger partial charge in [0, 0.05) is 19.7 Å². The standard InChI is InChI=1S/C7H16N2O3/c1-11-7(10)9-4-2-5-12-6-3-8/h2-6,8H2,1H3,(H,9,10). The molecular formula is C7H16N2O3. The van der Waals surface area contributed by atoms with Crippen LogP contribution in [0.4, 0.5) is 4.79 Å². The van der Waals surface area contributed by atoms with Gasteiger partial charge >= 0.3 is 6.09 Å². The molecule has 0 aromatic carbocycles. The summed E-state index contributed by atoms with van der Waals surface area (Å²) in [6.45, 7) is 2.28. The Balaban J connectivity index is 2.95. The number of nitrogens with one attached hydrogen (secondary N) is 1. The highest BCUT2D eigenvalue weighted by Gasteiger charge is 1.95. The van der Waals surface area contributed by atoms with Gasteiger partial charge in [-0.3, -0.25) is 0 Å². The Morgan fingerprint density at radius 2 is 2.25 bits per heavy atom. The van der Waals surface area contributed by atoms with E-state index in [0.29, 0.717) is 26.3 Å². The SMILES string of the molecule is COC(=O)NCCCOCCN. The lowest BCUT2D eigenvalue weighted by Gasteiger charge is -2.03. The Kier molecular flexibility index (Phi) is 7.73. The van der Waals surface area contributed by atoms with Crippen LogP contribution in [0.2, 0.25) is 0 Å². The predicted octanol–water partition coefficient (Wildman–Crippen LogP) is -0.292. The van der Waals surface area contributed by atoms with E-state index >= 15 is 0 Å². The number of carbonyl (C=O) groups is 1. The summed E-state index contributed by atoms with van der Waals surface area (Å²) >= 11 is 0. The molecule has 0 radical (unpaired) electrons. The molecule has 0 atom stereocenters. The number of alkyl carbamates (subject to hydrolysis) is 1. The molecule has 0 saturated carbocycles. The topological polar surface area (TPSA) is 73.6 Å². The fraction of sp³-hybridized carbons (Fsp3) is 0.857. The second-order valence-electron chi connectivity index (χ2n) is 2.17. The van der Waals surface area contributed by atoms with E-state index in [1.165, 1.54) is 7.11 Å². The van der Waals surface area contributed by atoms with Gasteiger partial charge in [-0.05, 0) is 6.42 Å². The zero-order valence-electron chi connectivity index (χ0n) is 7.34. The molecule has 0 bridgehead atoms. The first-order valence-electron chi connectivity index (χ1n) is 3.91. The number of amides is 1. The summed E-state index contributed by atoms with van der Waals surface area (Å²) in [4.78, 5) is 10.5. The lowest BCUT2D eigenvalue weighted by atomic mass is 10.4. The Bertz CT molecular complexity index is 119. The number of ether oxygens (including phenoxy) is 2. The quantitative estimate of drug-likeness (QED) is 0.545. The third kappa shape index (κ3) is 7.30. The molecule has 5 nitrogen and oxygen atoms in total. The van der Waals surface area contributed by atoms with E-state index in [0.717, 1.165) is 6.42 Å². The number of carbonyl (C=O) groups excluding carboxylic acids is 1. The van der Waals surface area contributed by atoms with Crippen molar-refractivity contribution in [3.05, 3.63) is 0 Å². The number of rotatable bonds is 6. The molecule has 0 saturated heterocycles. The maximum atomic E-state index is 10.5. The minimum Gasteiger partial charge on any atom is -0.453 e. The van der Waals surface area contributed by atoms with Crippen LogP contribution in [0.5, 0.6) is 0 Å². The van der Waals surface area contributed by atoms with Crippen LogP contribution in [0.1, 0.15) is 6.42 Å². The summed E-state index contributed by atoms with van der Waals surface area (Å²) in [5, 5.41) is 2.54. The fourth-order valence-electron chi connectivity index (χ4n) is 0.622. The van der Waals surface area contributed by atoms with Crippen molar-refractivity contribution in [1.82, 2.24) is 5.32 Å². The number of hydrogen-bond acceptors (Lipinski definition) is 4. The molecule has 0 unspecified atom stereocenters. The van der Waals surface area contributed by atoms with E-state index in [1.807, 2.05) is 0 Å². The van der Waals surface area contributed by atoms with Crippen molar-refractivity contribution in [2.45, 2.75) is 6.42 Å². The molecule has 0 heterocycles. The van der Waals surface area contributed by atoms with E-state index in [2.05, 4.69) is 10.1 Å². The molecule has 0 aromatic rings. The minimum absolute atomic E-state index is 0.408. The minimum atomic E-state index is -0.408. The molecule has 1 amide bonds. The van der Waals surface area contributed by atoms with Gasteiger partial charge in [0.05, 0.1) is 13.7 Å². The first kappa shape index (κ1) is 11.2. The van der Waals surface area contributed by atoms with Crippen LogP contribution in [0.15, 0.2) is 0 Å². The van der Waals surface area contributed by atoms with Crippen molar-refractivity contribution in [3.8, 4) is 0 Å². The van der Waals surface area contributed by atoms with Crippen LogP contribution < -0.4 is 11.1 Å². The first-order valence-corrected chi connectivity index (χ1v) is 3.91. The number of nitrogens with two attached hydrogens (primary N) is 1. The highest BCUT2D eigenvalue weighted by molar-refractivity contribution is 5.66. The maximum Gasteiger partial charge on any atom is 0.406 e. The summed E-state index contributed by atoms with van der Waals surface area (Å²) < 4.78 is 9.45. The van der Waals surface area contributed by atoms with Crippen molar-refractivity contribution in [2.24, 2.45) is 5.73 Å². The molecule has 5 heteroatoms. The monoisotopic (exact) mass is 176 g/mol. The highest BCUT2D eigenvalue weighted by atomic mass is 16.5. The zero-order chi connectivity index (χ0) is 9.23. The predicted molar refractivity (Wildman–Crippen MR) is 44.9 cm³/mol. The average molecular weight is 176 g/mol. The van der Waals surface area contributed by atoms with E-state index in [9.17, 15) is 4.79 Å². The van der Waals surface area contributed by atoms with E-state index in [-0.39, 0.29) is 0 Å². The maximum absolute atomic E-state index is 10.5. The van der Waals surface area contributed by atoms with Crippen LogP contribution in [-0.4, -0.2) is 39.5 Å². The van der Waals surface area contributed by atoms with Gasteiger partial charge in [-0.25, -0.2) is 4.79 Å². The Morgan fingerprint density at radius 1 is 1.50 bits per heavy atom. The van der Waals surface area contributed by atoms with Crippen molar-refractivity contribution in [2.75, 3.05) is 33.4 Å². The zero-order valence-corrected chi connectivity index (χ0v) is 7.34. The van der Waals surface area contributed by atoms with Crippen molar-refractivity contribution >= 4 is 6.09 Å². The second kappa shape index (κ2) is 8.29. The van der Waals surface area contributed by atoms with E-state index in [4.69, 9.17) is 10.5 Å². The smallest absolute Gasteiger partial charge is 0.406 e. The van der Waals surface area contributed by atoms with Crippen LogP contribution >= 0.6 is 0 Å². The molecule has 3 N–H and O–H groups in total. The molecule has 0 aliphatic heterocycles. The lowest BCUT2D eigenvalue weighted by Crippen LogP contribution is -2.25. The van der Waals surface area contributed by atoms with Gasteiger partial charge in [0.25, 0.3) is 0 Å². The third-order valence-electron chi connectivity index (χ3n) is 1.18. The number of hydrogen-bond donors (Lipinski definition) is 2. The van der Waals surface area contributed by atoms with Crippen molar-refractivity contribution in [3.63, 3.8) is 0 Å². The molecule has 72 valence electrons. The molecular weight excluding hydrogens is 160 g/mol. The van der Waals surface area contributed by atoms with Crippen LogP contribution in [0, 0.1) is 0 Å². The van der Waals surface area contributed by atoms with Crippen molar-refractivity contribution < 1.29 is 14.3 Å². The molecule has 0 aliphatic carbocycles. The Labute approximate surface area is 72.2 Å². The van der Waals surface area contributed by atoms with Gasteiger partial charge in [-0.2, -0.15) is 0 Å². The summed E-state index contributed by atoms with van der Waals surface area (Å²) in [5.74, 6) is 0. The Morgan fingerprint density at radius 3 is 2.83 bits per heavy atom. The fourth-order valence-corrected chi connectivity index (χ4v) is 0.622. The third-order valence-corrected chi connectivity index (χ3v) is 1.18. The van der Waals surface area contributed by atoms with Gasteiger partial charge in [-0.1, -0.05) is 0 Å². The van der Waals surface area contributed by atoms with Gasteiger partial charge in [0.15, 0.2) is 0 Å². The largest absolute Gasteiger partial charge is 0.453 e.